The molecule has 0 spiro atoms. The zero-order chi connectivity index (χ0) is 17.5. The zero-order valence-electron chi connectivity index (χ0n) is 15.0. The molecule has 2 aromatic rings. The first-order chi connectivity index (χ1) is 12.2. The summed E-state index contributed by atoms with van der Waals surface area (Å²) in [7, 11) is 0. The van der Waals surface area contributed by atoms with E-state index in [1.54, 1.807) is 0 Å². The third-order valence-corrected chi connectivity index (χ3v) is 5.01. The Labute approximate surface area is 152 Å². The molecule has 0 saturated carbocycles. The van der Waals surface area contributed by atoms with Crippen LogP contribution in [0, 0.1) is 5.41 Å². The van der Waals surface area contributed by atoms with Crippen LogP contribution in [0.4, 0.5) is 0 Å². The number of hydrogen-bond donors (Lipinski definition) is 0. The first-order valence-corrected chi connectivity index (χ1v) is 9.04. The number of nitrogens with zero attached hydrogens (tertiary/aromatic N) is 2. The average Bonchev–Trinajstić information content (AvgIpc) is 2.94. The molecule has 1 heterocycles. The summed E-state index contributed by atoms with van der Waals surface area (Å²) < 4.78 is 0. The number of allylic oxidation sites excluding steroid dienone is 2. The minimum atomic E-state index is 0.215. The molecule has 1 saturated heterocycles. The van der Waals surface area contributed by atoms with Crippen molar-refractivity contribution in [2.45, 2.75) is 25.9 Å². The lowest BCUT2D eigenvalue weighted by Gasteiger charge is -2.28. The highest BCUT2D eigenvalue weighted by Crippen LogP contribution is 2.38. The van der Waals surface area contributed by atoms with Gasteiger partial charge in [0.2, 0.25) is 0 Å². The second-order valence-electron chi connectivity index (χ2n) is 7.10. The van der Waals surface area contributed by atoms with Gasteiger partial charge in [-0.15, -0.1) is 13.2 Å². The van der Waals surface area contributed by atoms with Crippen molar-refractivity contribution >= 4 is 0 Å². The van der Waals surface area contributed by atoms with Crippen LogP contribution in [-0.4, -0.2) is 23.1 Å². The second kappa shape index (κ2) is 8.28. The molecule has 0 bridgehead atoms. The third-order valence-electron chi connectivity index (χ3n) is 5.01. The lowest BCUT2D eigenvalue weighted by molar-refractivity contribution is 0.0109. The molecule has 0 atom stereocenters. The van der Waals surface area contributed by atoms with E-state index in [4.69, 9.17) is 0 Å². The first-order valence-electron chi connectivity index (χ1n) is 9.04. The Morgan fingerprint density at radius 1 is 0.720 bits per heavy atom. The molecule has 2 nitrogen and oxygen atoms in total. The van der Waals surface area contributed by atoms with Crippen LogP contribution in [0.1, 0.15) is 24.0 Å². The van der Waals surface area contributed by atoms with Crippen molar-refractivity contribution in [3.05, 3.63) is 97.1 Å². The summed E-state index contributed by atoms with van der Waals surface area (Å²) in [6.45, 7) is 12.0. The normalized spacial score (nSPS) is 17.4. The van der Waals surface area contributed by atoms with Crippen LogP contribution in [0.5, 0.6) is 0 Å². The maximum atomic E-state index is 4.00. The van der Waals surface area contributed by atoms with Crippen molar-refractivity contribution in [2.75, 3.05) is 13.1 Å². The van der Waals surface area contributed by atoms with Crippen LogP contribution in [0.3, 0.4) is 0 Å². The molecule has 0 aliphatic carbocycles. The van der Waals surface area contributed by atoms with Gasteiger partial charge in [0.05, 0.1) is 0 Å². The smallest absolute Gasteiger partial charge is 0.0384 e. The Balaban J connectivity index is 1.82. The molecule has 130 valence electrons. The Morgan fingerprint density at radius 3 is 1.48 bits per heavy atom. The molecular formula is C23H28N2. The molecule has 2 heteroatoms. The van der Waals surface area contributed by atoms with Gasteiger partial charge in [-0.05, 0) is 24.0 Å². The van der Waals surface area contributed by atoms with Crippen molar-refractivity contribution in [3.63, 3.8) is 0 Å². The summed E-state index contributed by atoms with van der Waals surface area (Å²) in [5.74, 6) is 0. The van der Waals surface area contributed by atoms with E-state index >= 15 is 0 Å². The molecule has 0 amide bonds. The minimum absolute atomic E-state index is 0.215. The van der Waals surface area contributed by atoms with Crippen LogP contribution in [0.15, 0.2) is 86.0 Å². The monoisotopic (exact) mass is 332 g/mol. The van der Waals surface area contributed by atoms with E-state index in [1.165, 1.54) is 11.1 Å². The quantitative estimate of drug-likeness (QED) is 0.624. The summed E-state index contributed by atoms with van der Waals surface area (Å²) in [6.07, 6.45) is 6.18. The van der Waals surface area contributed by atoms with Gasteiger partial charge in [-0.1, -0.05) is 72.8 Å². The summed E-state index contributed by atoms with van der Waals surface area (Å²) in [5.41, 5.74) is 2.93. The van der Waals surface area contributed by atoms with Crippen molar-refractivity contribution in [1.29, 1.82) is 0 Å². The number of benzene rings is 2. The van der Waals surface area contributed by atoms with Crippen LogP contribution in [0.2, 0.25) is 0 Å². The molecule has 0 radical (unpaired) electrons. The maximum absolute atomic E-state index is 4.00. The van der Waals surface area contributed by atoms with E-state index in [2.05, 4.69) is 96.0 Å². The molecule has 1 fully saturated rings. The molecule has 0 N–H and O–H groups in total. The van der Waals surface area contributed by atoms with Gasteiger partial charge in [-0.2, -0.15) is 0 Å². The SMILES string of the molecule is C=CCC1(CC=C)CN(Cc2ccccc2)N(Cc2ccccc2)C1. The fourth-order valence-electron chi connectivity index (χ4n) is 3.88. The molecule has 1 aliphatic heterocycles. The van der Waals surface area contributed by atoms with Gasteiger partial charge in [0, 0.05) is 31.6 Å². The lowest BCUT2D eigenvalue weighted by atomic mass is 9.82. The fraction of sp³-hybridized carbons (Fsp3) is 0.304. The van der Waals surface area contributed by atoms with E-state index < -0.39 is 0 Å². The highest BCUT2D eigenvalue weighted by Gasteiger charge is 2.41. The Kier molecular flexibility index (Phi) is 5.85. The van der Waals surface area contributed by atoms with Crippen LogP contribution in [-0.2, 0) is 13.1 Å². The molecule has 0 unspecified atom stereocenters. The molecule has 25 heavy (non-hydrogen) atoms. The highest BCUT2D eigenvalue weighted by atomic mass is 15.6. The van der Waals surface area contributed by atoms with Crippen LogP contribution < -0.4 is 0 Å². The number of hydrogen-bond acceptors (Lipinski definition) is 2. The fourth-order valence-corrected chi connectivity index (χ4v) is 3.88. The Hall–Kier alpha value is -2.16. The summed E-state index contributed by atoms with van der Waals surface area (Å²) in [6, 6.07) is 21.5. The predicted octanol–water partition coefficient (Wildman–Crippen LogP) is 5.06. The topological polar surface area (TPSA) is 6.48 Å². The Bertz CT molecular complexity index is 616. The van der Waals surface area contributed by atoms with Gasteiger partial charge in [0.1, 0.15) is 0 Å². The molecule has 1 aliphatic rings. The van der Waals surface area contributed by atoms with E-state index in [0.29, 0.717) is 0 Å². The standard InChI is InChI=1S/C23H28N2/c1-3-15-23(16-4-2)19-24(17-21-11-7-5-8-12-21)25(20-23)18-22-13-9-6-10-14-22/h3-14H,1-2,15-20H2. The Morgan fingerprint density at radius 2 is 1.12 bits per heavy atom. The van der Waals surface area contributed by atoms with Crippen molar-refractivity contribution in [2.24, 2.45) is 5.41 Å². The average molecular weight is 332 g/mol. The predicted molar refractivity (Wildman–Crippen MR) is 106 cm³/mol. The second-order valence-corrected chi connectivity index (χ2v) is 7.10. The van der Waals surface area contributed by atoms with Gasteiger partial charge in [-0.25, -0.2) is 10.0 Å². The zero-order valence-corrected chi connectivity index (χ0v) is 15.0. The van der Waals surface area contributed by atoms with E-state index in [0.717, 1.165) is 39.0 Å². The van der Waals surface area contributed by atoms with Crippen LogP contribution in [0.25, 0.3) is 0 Å². The highest BCUT2D eigenvalue weighted by molar-refractivity contribution is 5.17. The molecular weight excluding hydrogens is 304 g/mol. The van der Waals surface area contributed by atoms with E-state index in [1.807, 2.05) is 0 Å². The van der Waals surface area contributed by atoms with Gasteiger partial charge >= 0.3 is 0 Å². The van der Waals surface area contributed by atoms with Gasteiger partial charge in [0.25, 0.3) is 0 Å². The van der Waals surface area contributed by atoms with E-state index in [-0.39, 0.29) is 5.41 Å². The van der Waals surface area contributed by atoms with E-state index in [9.17, 15) is 0 Å². The van der Waals surface area contributed by atoms with Crippen molar-refractivity contribution in [3.8, 4) is 0 Å². The van der Waals surface area contributed by atoms with Gasteiger partial charge in [0.15, 0.2) is 0 Å². The summed E-state index contributed by atoms with van der Waals surface area (Å²) in [5, 5.41) is 5.02. The summed E-state index contributed by atoms with van der Waals surface area (Å²) in [4.78, 5) is 0. The van der Waals surface area contributed by atoms with Crippen molar-refractivity contribution < 1.29 is 0 Å². The maximum Gasteiger partial charge on any atom is 0.0384 e. The first kappa shape index (κ1) is 17.7. The van der Waals surface area contributed by atoms with Crippen LogP contribution >= 0.6 is 0 Å². The number of hydrazine groups is 1. The minimum Gasteiger partial charge on any atom is -0.236 e. The van der Waals surface area contributed by atoms with Crippen molar-refractivity contribution in [1.82, 2.24) is 10.0 Å². The lowest BCUT2D eigenvalue weighted by Crippen LogP contribution is -2.35. The molecule has 2 aromatic carbocycles. The number of rotatable bonds is 8. The van der Waals surface area contributed by atoms with Gasteiger partial charge in [-0.3, -0.25) is 0 Å². The molecule has 3 rings (SSSR count). The molecule has 0 aromatic heterocycles. The largest absolute Gasteiger partial charge is 0.236 e. The third kappa shape index (κ3) is 4.47. The summed E-state index contributed by atoms with van der Waals surface area (Å²) >= 11 is 0. The van der Waals surface area contributed by atoms with Gasteiger partial charge < -0.3 is 0 Å².